The molecular formula is C36H51N7O2. The van der Waals surface area contributed by atoms with Gasteiger partial charge in [-0.1, -0.05) is 71.8 Å². The minimum atomic E-state index is -0.898. The molecule has 242 valence electrons. The van der Waals surface area contributed by atoms with Crippen molar-refractivity contribution in [2.45, 2.75) is 91.5 Å². The number of aromatic nitrogens is 3. The quantitative estimate of drug-likeness (QED) is 0.213. The molecule has 0 spiro atoms. The molecular weight excluding hydrogens is 562 g/mol. The fourth-order valence-corrected chi connectivity index (χ4v) is 5.56. The minimum absolute atomic E-state index is 0.259. The highest BCUT2D eigenvalue weighted by Gasteiger charge is 2.25. The zero-order valence-electron chi connectivity index (χ0n) is 27.9. The highest BCUT2D eigenvalue weighted by Crippen LogP contribution is 2.35. The lowest BCUT2D eigenvalue weighted by Gasteiger charge is -2.28. The molecule has 0 amide bonds. The summed E-state index contributed by atoms with van der Waals surface area (Å²) in [7, 11) is 1.68. The van der Waals surface area contributed by atoms with Gasteiger partial charge in [-0.3, -0.25) is 9.78 Å². The summed E-state index contributed by atoms with van der Waals surface area (Å²) in [5.74, 6) is 1.26. The van der Waals surface area contributed by atoms with Crippen LogP contribution >= 0.6 is 0 Å². The standard InChI is InChI=1S/C34H45N7O2.C2H6/c1-6-8-10-13-23(3)27-20-36-21-29-31(27)33(41(7-2)22-30(35-5)34(42)43)40-32(39-29)26-17-16-25-14-11-9-12-15-28(25)38-24(4)37-19-18-26;1-2/h9,11-12,15,18-21,23,30,35,38H,4,6-8,10,13-14,16-17,22H2,1-3,5H3,(H,42,43);1-2H3/b26-18+,37-19-;. The van der Waals surface area contributed by atoms with Crippen LogP contribution in [0.2, 0.25) is 0 Å². The number of carboxylic acid groups (broad SMARTS) is 1. The van der Waals surface area contributed by atoms with E-state index in [2.05, 4.69) is 59.3 Å². The molecule has 4 rings (SSSR count). The number of nitrogens with zero attached hydrogens (tertiary/aromatic N) is 5. The number of rotatable bonds is 12. The molecule has 2 aromatic heterocycles. The SMILES string of the molecule is C=C1/N=C\C=C(\c2nc(N(CC)CC(NC)C(=O)O)c3c(C(C)CCCCC)cncc3n2)CCC2=C(C=CC=CC2)N1.CC. The van der Waals surface area contributed by atoms with Crippen LogP contribution < -0.4 is 15.5 Å². The number of nitrogens with one attached hydrogen (secondary N) is 2. The molecule has 3 heterocycles. The molecule has 9 nitrogen and oxygen atoms in total. The number of unbranched alkanes of at least 4 members (excludes halogenated alkanes) is 2. The largest absolute Gasteiger partial charge is 0.480 e. The third-order valence-corrected chi connectivity index (χ3v) is 8.14. The topological polar surface area (TPSA) is 116 Å². The van der Waals surface area contributed by atoms with Gasteiger partial charge in [-0.25, -0.2) is 15.0 Å². The molecule has 2 unspecified atom stereocenters. The molecule has 2 aromatic rings. The average molecular weight is 614 g/mol. The number of likely N-dealkylation sites (N-methyl/N-ethyl adjacent to an activating group) is 2. The van der Waals surface area contributed by atoms with Crippen LogP contribution in [0, 0.1) is 0 Å². The van der Waals surface area contributed by atoms with Crippen LogP contribution in [0.3, 0.4) is 0 Å². The van der Waals surface area contributed by atoms with E-state index >= 15 is 0 Å². The summed E-state index contributed by atoms with van der Waals surface area (Å²) in [6, 6.07) is -0.749. The Hall–Kier alpha value is -4.11. The highest BCUT2D eigenvalue weighted by atomic mass is 16.4. The Labute approximate surface area is 269 Å². The molecule has 0 radical (unpaired) electrons. The predicted octanol–water partition coefficient (Wildman–Crippen LogP) is 7.31. The lowest BCUT2D eigenvalue weighted by atomic mass is 9.93. The van der Waals surface area contributed by atoms with Gasteiger partial charge in [-0.05, 0) is 74.4 Å². The Morgan fingerprint density at radius 3 is 2.67 bits per heavy atom. The predicted molar refractivity (Wildman–Crippen MR) is 188 cm³/mol. The van der Waals surface area contributed by atoms with Crippen molar-refractivity contribution in [3.05, 3.63) is 77.8 Å². The third kappa shape index (κ3) is 9.44. The van der Waals surface area contributed by atoms with E-state index in [9.17, 15) is 9.90 Å². The van der Waals surface area contributed by atoms with E-state index in [-0.39, 0.29) is 12.5 Å². The molecule has 2 atom stereocenters. The van der Waals surface area contributed by atoms with Crippen LogP contribution in [0.5, 0.6) is 0 Å². The van der Waals surface area contributed by atoms with Crippen molar-refractivity contribution in [3.63, 3.8) is 0 Å². The van der Waals surface area contributed by atoms with E-state index in [1.807, 2.05) is 44.0 Å². The van der Waals surface area contributed by atoms with E-state index in [0.29, 0.717) is 24.6 Å². The van der Waals surface area contributed by atoms with Gasteiger partial charge in [0.2, 0.25) is 0 Å². The van der Waals surface area contributed by atoms with Crippen LogP contribution in [-0.4, -0.2) is 58.4 Å². The molecule has 0 fully saturated rings. The van der Waals surface area contributed by atoms with Crippen molar-refractivity contribution in [2.75, 3.05) is 25.0 Å². The summed E-state index contributed by atoms with van der Waals surface area (Å²) in [4.78, 5) is 33.5. The van der Waals surface area contributed by atoms with Crippen molar-refractivity contribution in [3.8, 4) is 0 Å². The smallest absolute Gasteiger partial charge is 0.322 e. The number of fused-ring (bicyclic) bond motifs is 1. The molecule has 2 aliphatic rings. The van der Waals surface area contributed by atoms with Crippen molar-refractivity contribution >= 4 is 34.5 Å². The molecule has 0 saturated carbocycles. The van der Waals surface area contributed by atoms with E-state index in [4.69, 9.17) is 9.97 Å². The molecule has 3 N–H and O–H groups in total. The fourth-order valence-electron chi connectivity index (χ4n) is 5.56. The Morgan fingerprint density at radius 2 is 1.96 bits per heavy atom. The first-order chi connectivity index (χ1) is 21.9. The second kappa shape index (κ2) is 18.0. The number of hydrogen-bond acceptors (Lipinski definition) is 8. The first kappa shape index (κ1) is 35.4. The average Bonchev–Trinajstić information content (AvgIpc) is 3.28. The Kier molecular flexibility index (Phi) is 14.1. The summed E-state index contributed by atoms with van der Waals surface area (Å²) in [6.07, 6.45) is 22.6. The summed E-state index contributed by atoms with van der Waals surface area (Å²) >= 11 is 0. The summed E-state index contributed by atoms with van der Waals surface area (Å²) < 4.78 is 0. The monoisotopic (exact) mass is 613 g/mol. The molecule has 0 bridgehead atoms. The zero-order chi connectivity index (χ0) is 32.8. The molecule has 9 heteroatoms. The summed E-state index contributed by atoms with van der Waals surface area (Å²) in [5.41, 5.74) is 5.08. The molecule has 45 heavy (non-hydrogen) atoms. The minimum Gasteiger partial charge on any atom is -0.480 e. The summed E-state index contributed by atoms with van der Waals surface area (Å²) in [5, 5.41) is 17.1. The van der Waals surface area contributed by atoms with Crippen molar-refractivity contribution in [1.82, 2.24) is 25.6 Å². The normalized spacial score (nSPS) is 18.0. The van der Waals surface area contributed by atoms with Gasteiger partial charge in [-0.15, -0.1) is 0 Å². The maximum absolute atomic E-state index is 12.0. The van der Waals surface area contributed by atoms with Crippen LogP contribution in [0.25, 0.3) is 16.5 Å². The number of allylic oxidation sites excluding steroid dienone is 7. The maximum atomic E-state index is 12.0. The molecule has 1 aliphatic carbocycles. The van der Waals surface area contributed by atoms with Crippen molar-refractivity contribution in [1.29, 1.82) is 0 Å². The Morgan fingerprint density at radius 1 is 1.16 bits per heavy atom. The van der Waals surface area contributed by atoms with Crippen molar-refractivity contribution < 1.29 is 9.90 Å². The highest BCUT2D eigenvalue weighted by molar-refractivity contribution is 5.94. The molecule has 1 aliphatic heterocycles. The van der Waals surface area contributed by atoms with Crippen LogP contribution in [0.4, 0.5) is 5.82 Å². The van der Waals surface area contributed by atoms with E-state index in [1.165, 1.54) is 12.0 Å². The van der Waals surface area contributed by atoms with Crippen LogP contribution in [0.15, 0.2) is 71.4 Å². The number of anilines is 1. The van der Waals surface area contributed by atoms with Gasteiger partial charge in [0.1, 0.15) is 17.7 Å². The molecule has 0 aromatic carbocycles. The zero-order valence-corrected chi connectivity index (χ0v) is 27.9. The van der Waals surface area contributed by atoms with Gasteiger partial charge in [0.15, 0.2) is 5.82 Å². The second-order valence-corrected chi connectivity index (χ2v) is 11.2. The first-order valence-corrected chi connectivity index (χ1v) is 16.4. The maximum Gasteiger partial charge on any atom is 0.322 e. The van der Waals surface area contributed by atoms with Crippen LogP contribution in [-0.2, 0) is 4.79 Å². The number of hydrogen-bond donors (Lipinski definition) is 3. The fraction of sp³-hybridized carbons (Fsp3) is 0.472. The third-order valence-electron chi connectivity index (χ3n) is 8.14. The van der Waals surface area contributed by atoms with E-state index in [1.54, 1.807) is 19.5 Å². The summed E-state index contributed by atoms with van der Waals surface area (Å²) in [6.45, 7) is 15.4. The molecule has 0 saturated heterocycles. The van der Waals surface area contributed by atoms with Crippen LogP contribution in [0.1, 0.15) is 96.9 Å². The second-order valence-electron chi connectivity index (χ2n) is 11.2. The lowest BCUT2D eigenvalue weighted by molar-refractivity contribution is -0.139. The number of aliphatic imine (C=N–C) groups is 1. The van der Waals surface area contributed by atoms with Gasteiger partial charge in [0.05, 0.1) is 11.7 Å². The number of aliphatic carboxylic acids is 1. The van der Waals surface area contributed by atoms with Crippen molar-refractivity contribution in [2.24, 2.45) is 4.99 Å². The Balaban J connectivity index is 0.00000271. The van der Waals surface area contributed by atoms with Gasteiger partial charge in [0.25, 0.3) is 0 Å². The van der Waals surface area contributed by atoms with Gasteiger partial charge in [0, 0.05) is 36.6 Å². The lowest BCUT2D eigenvalue weighted by Crippen LogP contribution is -2.45. The number of pyridine rings is 1. The van der Waals surface area contributed by atoms with E-state index < -0.39 is 12.0 Å². The Bertz CT molecular complexity index is 1470. The van der Waals surface area contributed by atoms with Gasteiger partial charge < -0.3 is 20.6 Å². The number of carbonyl (C=O) groups is 1. The van der Waals surface area contributed by atoms with E-state index in [0.717, 1.165) is 65.7 Å². The van der Waals surface area contributed by atoms with Gasteiger partial charge in [-0.2, -0.15) is 0 Å². The first-order valence-electron chi connectivity index (χ1n) is 16.4. The number of carboxylic acids is 1. The van der Waals surface area contributed by atoms with Gasteiger partial charge >= 0.3 is 5.97 Å².